The van der Waals surface area contributed by atoms with Crippen LogP contribution >= 0.6 is 24.8 Å². The van der Waals surface area contributed by atoms with Crippen LogP contribution in [0.3, 0.4) is 0 Å². The first-order valence-corrected chi connectivity index (χ1v) is 9.40. The van der Waals surface area contributed by atoms with E-state index in [-0.39, 0.29) is 24.8 Å². The van der Waals surface area contributed by atoms with Crippen molar-refractivity contribution in [1.29, 1.82) is 0 Å². The molecule has 3 rings (SSSR count). The van der Waals surface area contributed by atoms with Crippen molar-refractivity contribution in [3.05, 3.63) is 34.5 Å². The first-order valence-electron chi connectivity index (χ1n) is 9.40. The third kappa shape index (κ3) is 5.56. The van der Waals surface area contributed by atoms with E-state index in [0.29, 0.717) is 24.4 Å². The van der Waals surface area contributed by atoms with Crippen molar-refractivity contribution in [2.75, 3.05) is 19.0 Å². The Balaban J connectivity index is 0.00000196. The molecule has 0 saturated heterocycles. The number of aromatic nitrogens is 4. The van der Waals surface area contributed by atoms with Gasteiger partial charge in [-0.05, 0) is 38.7 Å². The Hall–Kier alpha value is -1.41. The Bertz CT molecular complexity index is 761. The van der Waals surface area contributed by atoms with Crippen LogP contribution in [0.1, 0.15) is 54.2 Å². The molecule has 28 heavy (non-hydrogen) atoms. The first-order chi connectivity index (χ1) is 12.5. The Morgan fingerprint density at radius 2 is 1.96 bits per heavy atom. The minimum absolute atomic E-state index is 0. The quantitative estimate of drug-likeness (QED) is 0.667. The molecule has 0 aliphatic heterocycles. The van der Waals surface area contributed by atoms with Gasteiger partial charge in [-0.1, -0.05) is 6.92 Å². The smallest absolute Gasteiger partial charge is 0.156 e. The second-order valence-electron chi connectivity index (χ2n) is 7.11. The summed E-state index contributed by atoms with van der Waals surface area (Å²) in [5.74, 6) is 2.00. The standard InChI is InChI=1S/C19H30N6O.2ClH/c1-5-16-12(2)24-25(13(16)3)7-6-21-18-10-17(14-8-15(20)9-14)22-19(23-18)11-26-4;;/h10,14-15H,5-9,11,20H2,1-4H3,(H,21,22,23);2*1H. The molecular weight excluding hydrogens is 399 g/mol. The van der Waals surface area contributed by atoms with Crippen LogP contribution in [0.15, 0.2) is 6.07 Å². The molecule has 0 atom stereocenters. The molecule has 0 aromatic carbocycles. The molecule has 0 spiro atoms. The Kier molecular flexibility index (Phi) is 9.63. The molecule has 158 valence electrons. The number of nitrogens with one attached hydrogen (secondary N) is 1. The summed E-state index contributed by atoms with van der Waals surface area (Å²) in [6.07, 6.45) is 3.01. The van der Waals surface area contributed by atoms with Gasteiger partial charge in [-0.15, -0.1) is 24.8 Å². The van der Waals surface area contributed by atoms with E-state index >= 15 is 0 Å². The number of aryl methyl sites for hydroxylation is 1. The third-order valence-electron chi connectivity index (χ3n) is 5.17. The molecule has 2 aromatic heterocycles. The lowest BCUT2D eigenvalue weighted by molar-refractivity contribution is 0.177. The molecule has 7 nitrogen and oxygen atoms in total. The van der Waals surface area contributed by atoms with Crippen molar-refractivity contribution in [3.63, 3.8) is 0 Å². The summed E-state index contributed by atoms with van der Waals surface area (Å²) in [5, 5.41) is 8.07. The molecule has 9 heteroatoms. The van der Waals surface area contributed by atoms with E-state index in [1.807, 2.05) is 6.07 Å². The molecule has 0 radical (unpaired) electrons. The van der Waals surface area contributed by atoms with E-state index in [1.165, 1.54) is 11.3 Å². The minimum atomic E-state index is 0. The molecule has 2 heterocycles. The van der Waals surface area contributed by atoms with Crippen LogP contribution in [-0.2, 0) is 24.3 Å². The van der Waals surface area contributed by atoms with Gasteiger partial charge in [-0.3, -0.25) is 4.68 Å². The fourth-order valence-electron chi connectivity index (χ4n) is 3.67. The van der Waals surface area contributed by atoms with Crippen molar-refractivity contribution in [2.24, 2.45) is 5.73 Å². The summed E-state index contributed by atoms with van der Waals surface area (Å²) in [7, 11) is 1.66. The normalized spacial score (nSPS) is 18.0. The number of hydrogen-bond donors (Lipinski definition) is 2. The fourth-order valence-corrected chi connectivity index (χ4v) is 3.67. The maximum atomic E-state index is 5.93. The van der Waals surface area contributed by atoms with Gasteiger partial charge >= 0.3 is 0 Å². The van der Waals surface area contributed by atoms with Crippen molar-refractivity contribution >= 4 is 30.6 Å². The fraction of sp³-hybridized carbons (Fsp3) is 0.632. The first kappa shape index (κ1) is 24.6. The van der Waals surface area contributed by atoms with Gasteiger partial charge in [0.1, 0.15) is 12.4 Å². The van der Waals surface area contributed by atoms with E-state index in [1.54, 1.807) is 7.11 Å². The number of hydrogen-bond acceptors (Lipinski definition) is 6. The van der Waals surface area contributed by atoms with Crippen molar-refractivity contribution < 1.29 is 4.74 Å². The van der Waals surface area contributed by atoms with Crippen LogP contribution in [0.5, 0.6) is 0 Å². The lowest BCUT2D eigenvalue weighted by Gasteiger charge is -2.32. The predicted molar refractivity (Wildman–Crippen MR) is 117 cm³/mol. The number of nitrogens with zero attached hydrogens (tertiary/aromatic N) is 4. The number of halogens is 2. The van der Waals surface area contributed by atoms with Gasteiger partial charge in [-0.2, -0.15) is 5.10 Å². The molecule has 0 bridgehead atoms. The Morgan fingerprint density at radius 1 is 1.25 bits per heavy atom. The average Bonchev–Trinajstić information content (AvgIpc) is 2.85. The van der Waals surface area contributed by atoms with Gasteiger partial charge in [0.15, 0.2) is 5.82 Å². The lowest BCUT2D eigenvalue weighted by atomic mass is 9.78. The average molecular weight is 431 g/mol. The summed E-state index contributed by atoms with van der Waals surface area (Å²) < 4.78 is 7.29. The molecule has 1 aliphatic rings. The third-order valence-corrected chi connectivity index (χ3v) is 5.17. The number of anilines is 1. The second kappa shape index (κ2) is 11.0. The van der Waals surface area contributed by atoms with Gasteiger partial charge < -0.3 is 15.8 Å². The zero-order chi connectivity index (χ0) is 18.7. The van der Waals surface area contributed by atoms with Gasteiger partial charge in [-0.25, -0.2) is 9.97 Å². The van der Waals surface area contributed by atoms with E-state index in [4.69, 9.17) is 10.5 Å². The molecule has 0 unspecified atom stereocenters. The van der Waals surface area contributed by atoms with Crippen molar-refractivity contribution in [2.45, 2.75) is 65.1 Å². The van der Waals surface area contributed by atoms with Gasteiger partial charge in [0.05, 0.1) is 12.2 Å². The highest BCUT2D eigenvalue weighted by molar-refractivity contribution is 5.85. The summed E-state index contributed by atoms with van der Waals surface area (Å²) in [5.41, 5.74) is 10.7. The predicted octanol–water partition coefficient (Wildman–Crippen LogP) is 3.16. The van der Waals surface area contributed by atoms with E-state index in [9.17, 15) is 0 Å². The molecular formula is C19H32Cl2N6O. The minimum Gasteiger partial charge on any atom is -0.377 e. The van der Waals surface area contributed by atoms with Gasteiger partial charge in [0.25, 0.3) is 0 Å². The SMILES string of the molecule is CCc1c(C)nn(CCNc2cc(C3CC(N)C3)nc(COC)n2)c1C.Cl.Cl. The zero-order valence-electron chi connectivity index (χ0n) is 17.1. The molecule has 1 fully saturated rings. The maximum Gasteiger partial charge on any atom is 0.156 e. The zero-order valence-corrected chi connectivity index (χ0v) is 18.7. The van der Waals surface area contributed by atoms with Gasteiger partial charge in [0, 0.05) is 43.1 Å². The highest BCUT2D eigenvalue weighted by Gasteiger charge is 2.29. The summed E-state index contributed by atoms with van der Waals surface area (Å²) in [6, 6.07) is 2.35. The van der Waals surface area contributed by atoms with Crippen LogP contribution in [0.4, 0.5) is 5.82 Å². The van der Waals surface area contributed by atoms with Crippen LogP contribution in [0, 0.1) is 13.8 Å². The Morgan fingerprint density at radius 3 is 2.54 bits per heavy atom. The number of ether oxygens (including phenoxy) is 1. The van der Waals surface area contributed by atoms with E-state index in [0.717, 1.165) is 49.6 Å². The maximum absolute atomic E-state index is 5.93. The molecule has 0 amide bonds. The van der Waals surface area contributed by atoms with Crippen LogP contribution < -0.4 is 11.1 Å². The van der Waals surface area contributed by atoms with Crippen LogP contribution in [0.2, 0.25) is 0 Å². The highest BCUT2D eigenvalue weighted by Crippen LogP contribution is 2.35. The molecule has 2 aromatic rings. The highest BCUT2D eigenvalue weighted by atomic mass is 35.5. The number of methoxy groups -OCH3 is 1. The summed E-state index contributed by atoms with van der Waals surface area (Å²) >= 11 is 0. The lowest BCUT2D eigenvalue weighted by Crippen LogP contribution is -2.35. The van der Waals surface area contributed by atoms with E-state index < -0.39 is 0 Å². The Labute approximate surface area is 179 Å². The summed E-state index contributed by atoms with van der Waals surface area (Å²) in [6.45, 7) is 8.37. The molecule has 1 saturated carbocycles. The monoisotopic (exact) mass is 430 g/mol. The van der Waals surface area contributed by atoms with Crippen LogP contribution in [0.25, 0.3) is 0 Å². The second-order valence-corrected chi connectivity index (χ2v) is 7.11. The van der Waals surface area contributed by atoms with E-state index in [2.05, 4.69) is 45.8 Å². The number of nitrogens with two attached hydrogens (primary N) is 1. The summed E-state index contributed by atoms with van der Waals surface area (Å²) in [4.78, 5) is 9.20. The van der Waals surface area contributed by atoms with Crippen molar-refractivity contribution in [3.8, 4) is 0 Å². The topological polar surface area (TPSA) is 90.9 Å². The van der Waals surface area contributed by atoms with Crippen LogP contribution in [-0.4, -0.2) is 39.4 Å². The van der Waals surface area contributed by atoms with Crippen molar-refractivity contribution in [1.82, 2.24) is 19.7 Å². The molecule has 1 aliphatic carbocycles. The number of rotatable bonds is 8. The largest absolute Gasteiger partial charge is 0.377 e. The molecule has 3 N–H and O–H groups in total. The van der Waals surface area contributed by atoms with Gasteiger partial charge in [0.2, 0.25) is 0 Å².